The molecule has 1 aromatic rings. The van der Waals surface area contributed by atoms with E-state index < -0.39 is 11.9 Å². The van der Waals surface area contributed by atoms with Crippen molar-refractivity contribution in [2.24, 2.45) is 0 Å². The molecule has 1 atom stereocenters. The molecule has 14 heavy (non-hydrogen) atoms. The summed E-state index contributed by atoms with van der Waals surface area (Å²) in [5.74, 6) is -0.827. The van der Waals surface area contributed by atoms with Crippen molar-refractivity contribution in [2.45, 2.75) is 12.8 Å². The number of rotatable bonds is 3. The van der Waals surface area contributed by atoms with Gasteiger partial charge in [0.15, 0.2) is 0 Å². The van der Waals surface area contributed by atoms with E-state index in [0.717, 1.165) is 4.47 Å². The summed E-state index contributed by atoms with van der Waals surface area (Å²) < 4.78 is 5.94. The highest BCUT2D eigenvalue weighted by Crippen LogP contribution is 2.29. The summed E-state index contributed by atoms with van der Waals surface area (Å²) in [5, 5.41) is 8.88. The molecule has 0 unspecified atom stereocenters. The number of carboxylic acids is 1. The van der Waals surface area contributed by atoms with Crippen molar-refractivity contribution in [1.29, 1.82) is 0 Å². The first-order chi connectivity index (χ1) is 6.56. The molecule has 4 heteroatoms. The van der Waals surface area contributed by atoms with Crippen molar-refractivity contribution in [3.63, 3.8) is 0 Å². The molecule has 1 aromatic carbocycles. The van der Waals surface area contributed by atoms with Gasteiger partial charge in [-0.3, -0.25) is 4.79 Å². The van der Waals surface area contributed by atoms with Gasteiger partial charge in [-0.15, -0.1) is 0 Å². The summed E-state index contributed by atoms with van der Waals surface area (Å²) >= 11 is 3.29. The van der Waals surface area contributed by atoms with Crippen molar-refractivity contribution < 1.29 is 14.6 Å². The Morgan fingerprint density at radius 1 is 1.57 bits per heavy atom. The van der Waals surface area contributed by atoms with Crippen LogP contribution in [0.4, 0.5) is 0 Å². The highest BCUT2D eigenvalue weighted by atomic mass is 79.9. The van der Waals surface area contributed by atoms with Crippen molar-refractivity contribution in [3.05, 3.63) is 28.2 Å². The number of halogens is 1. The van der Waals surface area contributed by atoms with E-state index in [2.05, 4.69) is 15.9 Å². The number of hydrogen-bond acceptors (Lipinski definition) is 2. The smallest absolute Gasteiger partial charge is 0.310 e. The Kier molecular flexibility index (Phi) is 3.52. The Morgan fingerprint density at radius 3 is 2.71 bits per heavy atom. The molecule has 1 rings (SSSR count). The third kappa shape index (κ3) is 2.26. The standard InChI is InChI=1S/C10H11BrO3/c1-6(10(12)13)8-5-7(11)3-4-9(8)14-2/h3-6H,1-2H3,(H,12,13)/t6-/m1/s1. The van der Waals surface area contributed by atoms with Gasteiger partial charge in [0.25, 0.3) is 0 Å². The second-order valence-electron chi connectivity index (χ2n) is 2.95. The lowest BCUT2D eigenvalue weighted by Crippen LogP contribution is -2.08. The van der Waals surface area contributed by atoms with Crippen molar-refractivity contribution in [2.75, 3.05) is 7.11 Å². The van der Waals surface area contributed by atoms with Gasteiger partial charge in [-0.25, -0.2) is 0 Å². The minimum Gasteiger partial charge on any atom is -0.496 e. The normalized spacial score (nSPS) is 12.2. The van der Waals surface area contributed by atoms with Gasteiger partial charge in [0, 0.05) is 10.0 Å². The lowest BCUT2D eigenvalue weighted by atomic mass is 10.0. The van der Waals surface area contributed by atoms with Crippen molar-refractivity contribution in [1.82, 2.24) is 0 Å². The quantitative estimate of drug-likeness (QED) is 0.907. The molecule has 3 nitrogen and oxygen atoms in total. The third-order valence-corrected chi connectivity index (χ3v) is 2.52. The number of methoxy groups -OCH3 is 1. The minimum absolute atomic E-state index is 0.567. The van der Waals surface area contributed by atoms with Gasteiger partial charge in [-0.05, 0) is 25.1 Å². The van der Waals surface area contributed by atoms with Gasteiger partial charge in [0.2, 0.25) is 0 Å². The summed E-state index contributed by atoms with van der Waals surface area (Å²) in [6, 6.07) is 5.33. The fourth-order valence-corrected chi connectivity index (χ4v) is 1.56. The molecule has 0 saturated heterocycles. The van der Waals surface area contributed by atoms with Gasteiger partial charge in [0.05, 0.1) is 13.0 Å². The first kappa shape index (κ1) is 11.0. The second kappa shape index (κ2) is 4.46. The Labute approximate surface area is 90.8 Å². The van der Waals surface area contributed by atoms with Gasteiger partial charge in [0.1, 0.15) is 5.75 Å². The van der Waals surface area contributed by atoms with Crippen LogP contribution in [-0.2, 0) is 4.79 Å². The molecule has 0 heterocycles. The van der Waals surface area contributed by atoms with Crippen LogP contribution in [0.5, 0.6) is 5.75 Å². The summed E-state index contributed by atoms with van der Waals surface area (Å²) in [7, 11) is 1.53. The van der Waals surface area contributed by atoms with E-state index in [4.69, 9.17) is 9.84 Å². The average molecular weight is 259 g/mol. The number of carboxylic acid groups (broad SMARTS) is 1. The molecule has 0 aliphatic carbocycles. The summed E-state index contributed by atoms with van der Waals surface area (Å²) in [5.41, 5.74) is 0.675. The van der Waals surface area contributed by atoms with Crippen LogP contribution in [0.15, 0.2) is 22.7 Å². The van der Waals surface area contributed by atoms with E-state index in [0.29, 0.717) is 11.3 Å². The highest BCUT2D eigenvalue weighted by Gasteiger charge is 2.18. The number of aliphatic carboxylic acids is 1. The van der Waals surface area contributed by atoms with Crippen LogP contribution in [0.3, 0.4) is 0 Å². The van der Waals surface area contributed by atoms with Gasteiger partial charge < -0.3 is 9.84 Å². The third-order valence-electron chi connectivity index (χ3n) is 2.03. The molecular weight excluding hydrogens is 248 g/mol. The Balaban J connectivity index is 3.16. The molecule has 1 N–H and O–H groups in total. The number of hydrogen-bond donors (Lipinski definition) is 1. The fourth-order valence-electron chi connectivity index (χ4n) is 1.18. The van der Waals surface area contributed by atoms with Crippen LogP contribution in [0.1, 0.15) is 18.4 Å². The van der Waals surface area contributed by atoms with Crippen molar-refractivity contribution >= 4 is 21.9 Å². The minimum atomic E-state index is -0.860. The van der Waals surface area contributed by atoms with Gasteiger partial charge in [-0.1, -0.05) is 15.9 Å². The van der Waals surface area contributed by atoms with Crippen LogP contribution in [0.2, 0.25) is 0 Å². The maximum absolute atomic E-state index is 10.8. The summed E-state index contributed by atoms with van der Waals surface area (Å²) in [4.78, 5) is 10.8. The zero-order valence-corrected chi connectivity index (χ0v) is 9.54. The van der Waals surface area contributed by atoms with E-state index in [1.807, 2.05) is 6.07 Å². The molecule has 0 amide bonds. The molecule has 0 radical (unpaired) electrons. The molecular formula is C10H11BrO3. The van der Waals surface area contributed by atoms with Crippen LogP contribution in [0, 0.1) is 0 Å². The van der Waals surface area contributed by atoms with Gasteiger partial charge in [-0.2, -0.15) is 0 Å². The zero-order valence-electron chi connectivity index (χ0n) is 7.95. The first-order valence-corrected chi connectivity index (χ1v) is 4.91. The zero-order chi connectivity index (χ0) is 10.7. The molecule has 0 aliphatic rings. The van der Waals surface area contributed by atoms with Crippen LogP contribution < -0.4 is 4.74 Å². The van der Waals surface area contributed by atoms with E-state index in [1.165, 1.54) is 7.11 Å². The Bertz CT molecular complexity index is 349. The van der Waals surface area contributed by atoms with E-state index >= 15 is 0 Å². The maximum atomic E-state index is 10.8. The topological polar surface area (TPSA) is 46.5 Å². The molecule has 0 saturated carbocycles. The fraction of sp³-hybridized carbons (Fsp3) is 0.300. The number of benzene rings is 1. The van der Waals surface area contributed by atoms with Crippen molar-refractivity contribution in [3.8, 4) is 5.75 Å². The van der Waals surface area contributed by atoms with E-state index in [9.17, 15) is 4.79 Å². The van der Waals surface area contributed by atoms with E-state index in [-0.39, 0.29) is 0 Å². The molecule has 0 spiro atoms. The average Bonchev–Trinajstić information content (AvgIpc) is 2.16. The predicted molar refractivity (Wildman–Crippen MR) is 56.7 cm³/mol. The lowest BCUT2D eigenvalue weighted by Gasteiger charge is -2.12. The molecule has 0 fully saturated rings. The Morgan fingerprint density at radius 2 is 2.21 bits per heavy atom. The second-order valence-corrected chi connectivity index (χ2v) is 3.86. The molecule has 76 valence electrons. The summed E-state index contributed by atoms with van der Waals surface area (Å²) in [6.07, 6.45) is 0. The largest absolute Gasteiger partial charge is 0.496 e. The van der Waals surface area contributed by atoms with Crippen LogP contribution in [0.25, 0.3) is 0 Å². The maximum Gasteiger partial charge on any atom is 0.310 e. The van der Waals surface area contributed by atoms with E-state index in [1.54, 1.807) is 19.1 Å². The molecule has 0 bridgehead atoms. The number of ether oxygens (including phenoxy) is 1. The summed E-state index contributed by atoms with van der Waals surface area (Å²) in [6.45, 7) is 1.63. The number of carbonyl (C=O) groups is 1. The molecule has 0 aliphatic heterocycles. The highest BCUT2D eigenvalue weighted by molar-refractivity contribution is 9.10. The SMILES string of the molecule is COc1ccc(Br)cc1[C@@H](C)C(=O)O. The monoisotopic (exact) mass is 258 g/mol. The molecule has 0 aromatic heterocycles. The Hall–Kier alpha value is -1.03. The van der Waals surface area contributed by atoms with Crippen LogP contribution >= 0.6 is 15.9 Å². The van der Waals surface area contributed by atoms with Gasteiger partial charge >= 0.3 is 5.97 Å². The lowest BCUT2D eigenvalue weighted by molar-refractivity contribution is -0.138. The first-order valence-electron chi connectivity index (χ1n) is 4.12. The predicted octanol–water partition coefficient (Wildman–Crippen LogP) is 2.65. The van der Waals surface area contributed by atoms with Crippen LogP contribution in [-0.4, -0.2) is 18.2 Å².